The van der Waals surface area contributed by atoms with Crippen molar-refractivity contribution in [1.82, 2.24) is 10.2 Å². The van der Waals surface area contributed by atoms with Crippen LogP contribution in [-0.2, 0) is 19.1 Å². The molecule has 2 saturated heterocycles. The van der Waals surface area contributed by atoms with Crippen molar-refractivity contribution in [1.29, 1.82) is 0 Å². The SMILES string of the molecule is C=CC(=O)N1CCOC[C@H]1c1cc(Cl)cc([C@H]2CNC(=O)CO2)c1. The van der Waals surface area contributed by atoms with E-state index in [1.807, 2.05) is 18.2 Å². The minimum absolute atomic E-state index is 0.0279. The number of rotatable bonds is 3. The summed E-state index contributed by atoms with van der Waals surface area (Å²) < 4.78 is 11.1. The van der Waals surface area contributed by atoms with E-state index in [1.54, 1.807) is 4.90 Å². The Morgan fingerprint density at radius 3 is 2.88 bits per heavy atom. The predicted octanol–water partition coefficient (Wildman–Crippen LogP) is 1.61. The van der Waals surface area contributed by atoms with Gasteiger partial charge in [0, 0.05) is 18.1 Å². The van der Waals surface area contributed by atoms with E-state index in [0.29, 0.717) is 31.3 Å². The van der Waals surface area contributed by atoms with Gasteiger partial charge in [0.1, 0.15) is 12.7 Å². The van der Waals surface area contributed by atoms with E-state index in [0.717, 1.165) is 11.1 Å². The van der Waals surface area contributed by atoms with Crippen LogP contribution in [0.5, 0.6) is 0 Å². The molecular formula is C17H19ClN2O4. The molecule has 2 aliphatic heterocycles. The van der Waals surface area contributed by atoms with Crippen LogP contribution in [0.2, 0.25) is 5.02 Å². The number of nitrogens with one attached hydrogen (secondary N) is 1. The van der Waals surface area contributed by atoms with Crippen LogP contribution >= 0.6 is 11.6 Å². The molecule has 2 heterocycles. The summed E-state index contributed by atoms with van der Waals surface area (Å²) in [5, 5.41) is 3.33. The van der Waals surface area contributed by atoms with Gasteiger partial charge in [-0.25, -0.2) is 0 Å². The summed E-state index contributed by atoms with van der Waals surface area (Å²) in [5.74, 6) is -0.261. The van der Waals surface area contributed by atoms with Crippen LogP contribution in [0.25, 0.3) is 0 Å². The monoisotopic (exact) mass is 350 g/mol. The molecule has 0 aromatic heterocycles. The number of carbonyl (C=O) groups is 2. The second-order valence-corrected chi connectivity index (χ2v) is 6.18. The number of carbonyl (C=O) groups excluding carboxylic acids is 2. The zero-order valence-electron chi connectivity index (χ0n) is 13.2. The highest BCUT2D eigenvalue weighted by Crippen LogP contribution is 2.31. The van der Waals surface area contributed by atoms with Crippen LogP contribution in [0.3, 0.4) is 0 Å². The van der Waals surface area contributed by atoms with Crippen LogP contribution in [0.1, 0.15) is 23.3 Å². The molecule has 0 saturated carbocycles. The number of hydrogen-bond acceptors (Lipinski definition) is 4. The van der Waals surface area contributed by atoms with Crippen molar-refractivity contribution in [2.24, 2.45) is 0 Å². The van der Waals surface area contributed by atoms with Crippen molar-refractivity contribution in [3.63, 3.8) is 0 Å². The molecule has 3 rings (SSSR count). The first kappa shape index (κ1) is 17.0. The first-order chi connectivity index (χ1) is 11.6. The number of morpholine rings is 2. The summed E-state index contributed by atoms with van der Waals surface area (Å²) in [6.45, 7) is 5.40. The Morgan fingerprint density at radius 1 is 1.38 bits per heavy atom. The Balaban J connectivity index is 1.88. The number of benzene rings is 1. The van der Waals surface area contributed by atoms with Gasteiger partial charge < -0.3 is 19.7 Å². The number of nitrogens with zero attached hydrogens (tertiary/aromatic N) is 1. The largest absolute Gasteiger partial charge is 0.377 e. The maximum Gasteiger partial charge on any atom is 0.246 e. The van der Waals surface area contributed by atoms with E-state index >= 15 is 0 Å². The molecule has 2 atom stereocenters. The Bertz CT molecular complexity index is 654. The number of ether oxygens (including phenoxy) is 2. The molecular weight excluding hydrogens is 332 g/mol. The predicted molar refractivity (Wildman–Crippen MR) is 88.6 cm³/mol. The van der Waals surface area contributed by atoms with Gasteiger partial charge in [-0.1, -0.05) is 24.2 Å². The van der Waals surface area contributed by atoms with Crippen molar-refractivity contribution in [2.75, 3.05) is 32.9 Å². The van der Waals surface area contributed by atoms with Gasteiger partial charge in [0.15, 0.2) is 0 Å². The van der Waals surface area contributed by atoms with Crippen molar-refractivity contribution in [3.8, 4) is 0 Å². The van der Waals surface area contributed by atoms with Gasteiger partial charge in [0.25, 0.3) is 0 Å². The lowest BCUT2D eigenvalue weighted by Gasteiger charge is -2.36. The maximum atomic E-state index is 12.1. The highest BCUT2D eigenvalue weighted by Gasteiger charge is 2.29. The number of amides is 2. The molecule has 6 nitrogen and oxygen atoms in total. The molecule has 1 N–H and O–H groups in total. The van der Waals surface area contributed by atoms with Crippen LogP contribution in [0.15, 0.2) is 30.9 Å². The van der Waals surface area contributed by atoms with Crippen molar-refractivity contribution >= 4 is 23.4 Å². The molecule has 128 valence electrons. The summed E-state index contributed by atoms with van der Waals surface area (Å²) in [6.07, 6.45) is 1.05. The van der Waals surface area contributed by atoms with Crippen molar-refractivity contribution in [3.05, 3.63) is 47.0 Å². The minimum atomic E-state index is -0.256. The van der Waals surface area contributed by atoms with E-state index in [4.69, 9.17) is 21.1 Å². The number of hydrogen-bond donors (Lipinski definition) is 1. The van der Waals surface area contributed by atoms with Gasteiger partial charge in [-0.15, -0.1) is 0 Å². The molecule has 0 bridgehead atoms. The van der Waals surface area contributed by atoms with Gasteiger partial charge in [-0.05, 0) is 29.3 Å². The van der Waals surface area contributed by atoms with Gasteiger partial charge in [-0.2, -0.15) is 0 Å². The lowest BCUT2D eigenvalue weighted by Crippen LogP contribution is -2.42. The highest BCUT2D eigenvalue weighted by atomic mass is 35.5. The second kappa shape index (κ2) is 7.34. The van der Waals surface area contributed by atoms with Gasteiger partial charge in [-0.3, -0.25) is 9.59 Å². The Hall–Kier alpha value is -1.89. The molecule has 7 heteroatoms. The third kappa shape index (κ3) is 3.61. The highest BCUT2D eigenvalue weighted by molar-refractivity contribution is 6.30. The molecule has 0 unspecified atom stereocenters. The maximum absolute atomic E-state index is 12.1. The van der Waals surface area contributed by atoms with E-state index in [-0.39, 0.29) is 30.6 Å². The van der Waals surface area contributed by atoms with E-state index in [1.165, 1.54) is 6.08 Å². The Kier molecular flexibility index (Phi) is 5.18. The van der Waals surface area contributed by atoms with Crippen LogP contribution in [-0.4, -0.2) is 49.6 Å². The first-order valence-corrected chi connectivity index (χ1v) is 8.15. The summed E-state index contributed by atoms with van der Waals surface area (Å²) in [5.41, 5.74) is 1.75. The van der Waals surface area contributed by atoms with Crippen LogP contribution < -0.4 is 5.32 Å². The fourth-order valence-corrected chi connectivity index (χ4v) is 3.23. The minimum Gasteiger partial charge on any atom is -0.377 e. The van der Waals surface area contributed by atoms with Gasteiger partial charge >= 0.3 is 0 Å². The van der Waals surface area contributed by atoms with Gasteiger partial charge in [0.2, 0.25) is 11.8 Å². The van der Waals surface area contributed by atoms with E-state index in [2.05, 4.69) is 11.9 Å². The average Bonchev–Trinajstić information content (AvgIpc) is 2.61. The molecule has 2 amide bonds. The third-order valence-electron chi connectivity index (χ3n) is 4.19. The Morgan fingerprint density at radius 2 is 2.17 bits per heavy atom. The topological polar surface area (TPSA) is 67.9 Å². The molecule has 1 aromatic carbocycles. The molecule has 2 aliphatic rings. The van der Waals surface area contributed by atoms with Crippen LogP contribution in [0, 0.1) is 0 Å². The lowest BCUT2D eigenvalue weighted by molar-refractivity contribution is -0.135. The molecule has 0 spiro atoms. The summed E-state index contributed by atoms with van der Waals surface area (Å²) in [4.78, 5) is 25.1. The van der Waals surface area contributed by atoms with Crippen molar-refractivity contribution in [2.45, 2.75) is 12.1 Å². The molecule has 2 fully saturated rings. The first-order valence-electron chi connectivity index (χ1n) is 7.78. The van der Waals surface area contributed by atoms with Gasteiger partial charge in [0.05, 0.1) is 19.3 Å². The Labute approximate surface area is 145 Å². The average molecular weight is 351 g/mol. The molecule has 0 radical (unpaired) electrons. The standard InChI is InChI=1S/C17H19ClN2O4/c1-2-17(22)20-3-4-23-9-14(20)11-5-12(7-13(18)6-11)15-8-19-16(21)10-24-15/h2,5-7,14-15H,1,3-4,8-10H2,(H,19,21)/t14-,15+/m0/s1. The van der Waals surface area contributed by atoms with Crippen LogP contribution in [0.4, 0.5) is 0 Å². The smallest absolute Gasteiger partial charge is 0.246 e. The molecule has 1 aromatic rings. The zero-order valence-corrected chi connectivity index (χ0v) is 13.9. The molecule has 24 heavy (non-hydrogen) atoms. The lowest BCUT2D eigenvalue weighted by atomic mass is 9.99. The second-order valence-electron chi connectivity index (χ2n) is 5.75. The fraction of sp³-hybridized carbons (Fsp3) is 0.412. The third-order valence-corrected chi connectivity index (χ3v) is 4.40. The normalized spacial score (nSPS) is 24.4. The zero-order chi connectivity index (χ0) is 17.1. The number of halogens is 1. The summed E-state index contributed by atoms with van der Waals surface area (Å²) in [6, 6.07) is 5.38. The van der Waals surface area contributed by atoms with Crippen molar-refractivity contribution < 1.29 is 19.1 Å². The summed E-state index contributed by atoms with van der Waals surface area (Å²) in [7, 11) is 0. The summed E-state index contributed by atoms with van der Waals surface area (Å²) >= 11 is 6.27. The van der Waals surface area contributed by atoms with E-state index in [9.17, 15) is 9.59 Å². The molecule has 0 aliphatic carbocycles. The fourth-order valence-electron chi connectivity index (χ4n) is 2.98. The van der Waals surface area contributed by atoms with E-state index < -0.39 is 0 Å². The quantitative estimate of drug-likeness (QED) is 0.841.